The number of benzene rings is 1. The Hall–Kier alpha value is -1.88. The Morgan fingerprint density at radius 3 is 2.90 bits per heavy atom. The lowest BCUT2D eigenvalue weighted by molar-refractivity contribution is -0.0370. The Bertz CT molecular complexity index is 656. The molecule has 1 aromatic heterocycles. The third-order valence-electron chi connectivity index (χ3n) is 4.21. The summed E-state index contributed by atoms with van der Waals surface area (Å²) in [5, 5.41) is 14.2. The molecule has 1 heterocycles. The van der Waals surface area contributed by atoms with E-state index < -0.39 is 11.4 Å². The molecular formula is C16H19FN2O2. The van der Waals surface area contributed by atoms with Gasteiger partial charge < -0.3 is 15.2 Å². The molecule has 3 rings (SSSR count). The third-order valence-corrected chi connectivity index (χ3v) is 4.21. The fourth-order valence-electron chi connectivity index (χ4n) is 2.72. The van der Waals surface area contributed by atoms with Crippen molar-refractivity contribution in [3.05, 3.63) is 30.2 Å². The summed E-state index contributed by atoms with van der Waals surface area (Å²) in [5.74, 6) is -0.213. The summed E-state index contributed by atoms with van der Waals surface area (Å²) in [6.45, 7) is 0.676. The molecule has 5 heteroatoms. The fraction of sp³-hybridized carbons (Fsp3) is 0.438. The van der Waals surface area contributed by atoms with Crippen molar-refractivity contribution >= 4 is 16.6 Å². The van der Waals surface area contributed by atoms with Crippen LogP contribution in [0.15, 0.2) is 24.4 Å². The van der Waals surface area contributed by atoms with Crippen molar-refractivity contribution in [3.63, 3.8) is 0 Å². The second-order valence-electron chi connectivity index (χ2n) is 5.62. The minimum atomic E-state index is -0.500. The SMILES string of the molecule is COc1cc2c(NCCC3(O)CCC3)ccnc2cc1F. The summed E-state index contributed by atoms with van der Waals surface area (Å²) in [6, 6.07) is 4.88. The number of rotatable bonds is 5. The van der Waals surface area contributed by atoms with Crippen molar-refractivity contribution in [2.75, 3.05) is 19.0 Å². The van der Waals surface area contributed by atoms with E-state index in [1.165, 1.54) is 13.2 Å². The monoisotopic (exact) mass is 290 g/mol. The molecule has 0 amide bonds. The van der Waals surface area contributed by atoms with E-state index in [0.717, 1.165) is 36.8 Å². The summed E-state index contributed by atoms with van der Waals surface area (Å²) in [4.78, 5) is 4.18. The molecule has 2 aromatic rings. The van der Waals surface area contributed by atoms with Gasteiger partial charge in [-0.2, -0.15) is 0 Å². The zero-order valence-corrected chi connectivity index (χ0v) is 12.0. The van der Waals surface area contributed by atoms with Crippen LogP contribution in [0.5, 0.6) is 5.75 Å². The molecule has 21 heavy (non-hydrogen) atoms. The third kappa shape index (κ3) is 2.78. The van der Waals surface area contributed by atoms with Crippen LogP contribution < -0.4 is 10.1 Å². The maximum atomic E-state index is 13.7. The van der Waals surface area contributed by atoms with Crippen LogP contribution in [0.3, 0.4) is 0 Å². The van der Waals surface area contributed by atoms with E-state index in [0.29, 0.717) is 12.1 Å². The van der Waals surface area contributed by atoms with Gasteiger partial charge in [0.25, 0.3) is 0 Å². The Labute approximate surface area is 123 Å². The van der Waals surface area contributed by atoms with Gasteiger partial charge in [0.2, 0.25) is 0 Å². The summed E-state index contributed by atoms with van der Waals surface area (Å²) in [5.41, 5.74) is 0.960. The molecule has 1 fully saturated rings. The van der Waals surface area contributed by atoms with E-state index in [1.54, 1.807) is 12.3 Å². The molecule has 1 aromatic carbocycles. The highest BCUT2D eigenvalue weighted by atomic mass is 19.1. The van der Waals surface area contributed by atoms with Gasteiger partial charge in [0.05, 0.1) is 18.2 Å². The number of methoxy groups -OCH3 is 1. The normalized spacial score (nSPS) is 16.5. The van der Waals surface area contributed by atoms with Crippen LogP contribution in [0.1, 0.15) is 25.7 Å². The average molecular weight is 290 g/mol. The Morgan fingerprint density at radius 1 is 1.43 bits per heavy atom. The number of aromatic nitrogens is 1. The van der Waals surface area contributed by atoms with Crippen molar-refractivity contribution in [3.8, 4) is 5.75 Å². The minimum Gasteiger partial charge on any atom is -0.494 e. The van der Waals surface area contributed by atoms with Crippen LogP contribution in [-0.4, -0.2) is 29.3 Å². The number of halogens is 1. The smallest absolute Gasteiger partial charge is 0.167 e. The Balaban J connectivity index is 1.80. The molecule has 4 nitrogen and oxygen atoms in total. The molecule has 0 atom stereocenters. The number of aliphatic hydroxyl groups is 1. The van der Waals surface area contributed by atoms with Crippen LogP contribution in [0.2, 0.25) is 0 Å². The molecule has 0 unspecified atom stereocenters. The van der Waals surface area contributed by atoms with Crippen molar-refractivity contribution in [1.29, 1.82) is 0 Å². The number of nitrogens with one attached hydrogen (secondary N) is 1. The van der Waals surface area contributed by atoms with Crippen LogP contribution in [0, 0.1) is 5.82 Å². The molecule has 1 aliphatic rings. The van der Waals surface area contributed by atoms with Gasteiger partial charge in [-0.15, -0.1) is 0 Å². The van der Waals surface area contributed by atoms with Gasteiger partial charge in [-0.3, -0.25) is 4.98 Å². The molecule has 2 N–H and O–H groups in total. The fourth-order valence-corrected chi connectivity index (χ4v) is 2.72. The molecule has 0 bridgehead atoms. The van der Waals surface area contributed by atoms with Gasteiger partial charge in [-0.05, 0) is 37.8 Å². The average Bonchev–Trinajstić information content (AvgIpc) is 2.45. The van der Waals surface area contributed by atoms with Crippen LogP contribution >= 0.6 is 0 Å². The minimum absolute atomic E-state index is 0.205. The van der Waals surface area contributed by atoms with Gasteiger partial charge >= 0.3 is 0 Å². The van der Waals surface area contributed by atoms with Gasteiger partial charge in [0.1, 0.15) is 0 Å². The number of anilines is 1. The van der Waals surface area contributed by atoms with Crippen LogP contribution in [-0.2, 0) is 0 Å². The van der Waals surface area contributed by atoms with Gasteiger partial charge in [-0.25, -0.2) is 4.39 Å². The van der Waals surface area contributed by atoms with Crippen molar-refractivity contribution in [2.24, 2.45) is 0 Å². The predicted molar refractivity (Wildman–Crippen MR) is 80.2 cm³/mol. The van der Waals surface area contributed by atoms with Crippen molar-refractivity contribution in [2.45, 2.75) is 31.3 Å². The molecule has 112 valence electrons. The quantitative estimate of drug-likeness (QED) is 0.888. The molecule has 0 spiro atoms. The van der Waals surface area contributed by atoms with Crippen LogP contribution in [0.25, 0.3) is 10.9 Å². The van der Waals surface area contributed by atoms with E-state index >= 15 is 0 Å². The maximum Gasteiger partial charge on any atom is 0.167 e. The highest BCUT2D eigenvalue weighted by Gasteiger charge is 2.33. The second kappa shape index (κ2) is 5.48. The topological polar surface area (TPSA) is 54.4 Å². The standard InChI is InChI=1S/C16H19FN2O2/c1-21-15-9-11-13(3-7-18-14(11)10-12(15)17)19-8-6-16(20)4-2-5-16/h3,7,9-10,20H,2,4-6,8H2,1H3,(H,18,19). The first-order valence-corrected chi connectivity index (χ1v) is 7.20. The lowest BCUT2D eigenvalue weighted by Crippen LogP contribution is -2.38. The Kier molecular flexibility index (Phi) is 3.68. The number of fused-ring (bicyclic) bond motifs is 1. The highest BCUT2D eigenvalue weighted by Crippen LogP contribution is 2.35. The zero-order chi connectivity index (χ0) is 14.9. The number of ether oxygens (including phenoxy) is 1. The molecule has 0 radical (unpaired) electrons. The van der Waals surface area contributed by atoms with Gasteiger partial charge in [0.15, 0.2) is 11.6 Å². The summed E-state index contributed by atoms with van der Waals surface area (Å²) in [6.07, 6.45) is 5.23. The molecular weight excluding hydrogens is 271 g/mol. The summed E-state index contributed by atoms with van der Waals surface area (Å²) in [7, 11) is 1.44. The van der Waals surface area contributed by atoms with E-state index in [1.807, 2.05) is 6.07 Å². The van der Waals surface area contributed by atoms with E-state index in [2.05, 4.69) is 10.3 Å². The highest BCUT2D eigenvalue weighted by molar-refractivity contribution is 5.92. The van der Waals surface area contributed by atoms with E-state index in [-0.39, 0.29) is 5.75 Å². The first-order chi connectivity index (χ1) is 10.1. The molecule has 1 saturated carbocycles. The maximum absolute atomic E-state index is 13.7. The molecule has 0 aliphatic heterocycles. The second-order valence-corrected chi connectivity index (χ2v) is 5.62. The Morgan fingerprint density at radius 2 is 2.24 bits per heavy atom. The molecule has 0 saturated heterocycles. The largest absolute Gasteiger partial charge is 0.494 e. The number of hydrogen-bond donors (Lipinski definition) is 2. The summed E-state index contributed by atoms with van der Waals surface area (Å²) < 4.78 is 18.7. The first-order valence-electron chi connectivity index (χ1n) is 7.20. The number of hydrogen-bond acceptors (Lipinski definition) is 4. The zero-order valence-electron chi connectivity index (χ0n) is 12.0. The van der Waals surface area contributed by atoms with Crippen LogP contribution in [0.4, 0.5) is 10.1 Å². The van der Waals surface area contributed by atoms with E-state index in [9.17, 15) is 9.50 Å². The van der Waals surface area contributed by atoms with Gasteiger partial charge in [-0.1, -0.05) is 0 Å². The summed E-state index contributed by atoms with van der Waals surface area (Å²) >= 11 is 0. The van der Waals surface area contributed by atoms with E-state index in [4.69, 9.17) is 4.74 Å². The number of pyridine rings is 1. The number of nitrogens with zero attached hydrogens (tertiary/aromatic N) is 1. The van der Waals surface area contributed by atoms with Crippen molar-refractivity contribution < 1.29 is 14.2 Å². The lowest BCUT2D eigenvalue weighted by Gasteiger charge is -2.36. The van der Waals surface area contributed by atoms with Crippen molar-refractivity contribution in [1.82, 2.24) is 4.98 Å². The lowest BCUT2D eigenvalue weighted by atomic mass is 9.78. The molecule has 1 aliphatic carbocycles. The van der Waals surface area contributed by atoms with Gasteiger partial charge in [0, 0.05) is 29.9 Å². The first kappa shape index (κ1) is 14.1. The predicted octanol–water partition coefficient (Wildman–Crippen LogP) is 3.10.